The summed E-state index contributed by atoms with van der Waals surface area (Å²) < 4.78 is 13.3. The quantitative estimate of drug-likeness (QED) is 0.793. The summed E-state index contributed by atoms with van der Waals surface area (Å²) in [7, 11) is 0. The summed E-state index contributed by atoms with van der Waals surface area (Å²) in [6.07, 6.45) is 0. The smallest absolute Gasteiger partial charge is 0.165 e. The number of nitrogens with zero attached hydrogens (tertiary/aromatic N) is 1. The summed E-state index contributed by atoms with van der Waals surface area (Å²) in [6, 6.07) is 3.21. The third kappa shape index (κ3) is 2.51. The summed E-state index contributed by atoms with van der Waals surface area (Å²) >= 11 is 0. The first-order chi connectivity index (χ1) is 7.66. The van der Waals surface area contributed by atoms with E-state index < -0.39 is 5.82 Å². The Morgan fingerprint density at radius 2 is 2.06 bits per heavy atom. The Labute approximate surface area is 94.9 Å². The lowest BCUT2D eigenvalue weighted by atomic mass is 10.1. The average Bonchev–Trinajstić information content (AvgIpc) is 2.27. The highest BCUT2D eigenvalue weighted by molar-refractivity contribution is 5.37. The van der Waals surface area contributed by atoms with Crippen LogP contribution in [0.1, 0.15) is 11.1 Å². The number of phenols is 1. The fourth-order valence-corrected chi connectivity index (χ4v) is 2.04. The SMILES string of the molecule is Cc1cc(F)c(O)c(CN2CCNCC2)c1. The number of aromatic hydroxyl groups is 1. The molecule has 88 valence electrons. The third-order valence-corrected chi connectivity index (χ3v) is 2.89. The van der Waals surface area contributed by atoms with Gasteiger partial charge in [-0.25, -0.2) is 4.39 Å². The minimum Gasteiger partial charge on any atom is -0.505 e. The molecule has 1 aliphatic heterocycles. The van der Waals surface area contributed by atoms with E-state index in [4.69, 9.17) is 0 Å². The average molecular weight is 224 g/mol. The van der Waals surface area contributed by atoms with E-state index in [0.29, 0.717) is 12.1 Å². The predicted octanol–water partition coefficient (Wildman–Crippen LogP) is 1.24. The van der Waals surface area contributed by atoms with Crippen molar-refractivity contribution in [3.8, 4) is 5.75 Å². The number of phenolic OH excluding ortho intramolecular Hbond substituents is 1. The molecule has 0 saturated carbocycles. The molecule has 1 fully saturated rings. The largest absolute Gasteiger partial charge is 0.505 e. The van der Waals surface area contributed by atoms with Crippen molar-refractivity contribution in [3.63, 3.8) is 0 Å². The maximum Gasteiger partial charge on any atom is 0.165 e. The van der Waals surface area contributed by atoms with Crippen molar-refractivity contribution >= 4 is 0 Å². The Morgan fingerprint density at radius 1 is 1.38 bits per heavy atom. The molecule has 0 aromatic heterocycles. The Hall–Kier alpha value is -1.13. The van der Waals surface area contributed by atoms with Crippen molar-refractivity contribution in [2.24, 2.45) is 0 Å². The van der Waals surface area contributed by atoms with Gasteiger partial charge in [-0.05, 0) is 18.6 Å². The number of nitrogens with one attached hydrogen (secondary N) is 1. The lowest BCUT2D eigenvalue weighted by Crippen LogP contribution is -2.42. The maximum absolute atomic E-state index is 13.3. The van der Waals surface area contributed by atoms with Gasteiger partial charge in [0.2, 0.25) is 0 Å². The molecule has 0 radical (unpaired) electrons. The van der Waals surface area contributed by atoms with Crippen LogP contribution in [0.5, 0.6) is 5.75 Å². The first kappa shape index (κ1) is 11.4. The summed E-state index contributed by atoms with van der Waals surface area (Å²) in [5.74, 6) is -0.728. The van der Waals surface area contributed by atoms with Gasteiger partial charge in [0.1, 0.15) is 0 Å². The molecule has 1 aromatic carbocycles. The van der Waals surface area contributed by atoms with Crippen LogP contribution < -0.4 is 5.32 Å². The highest BCUT2D eigenvalue weighted by Gasteiger charge is 2.14. The van der Waals surface area contributed by atoms with Gasteiger partial charge in [-0.3, -0.25) is 4.90 Å². The molecule has 0 amide bonds. The van der Waals surface area contributed by atoms with Crippen LogP contribution in [0.3, 0.4) is 0 Å². The molecule has 1 aromatic rings. The number of aryl methyl sites for hydroxylation is 1. The van der Waals surface area contributed by atoms with Crippen molar-refractivity contribution < 1.29 is 9.50 Å². The summed E-state index contributed by atoms with van der Waals surface area (Å²) in [6.45, 7) is 6.24. The molecular weight excluding hydrogens is 207 g/mol. The van der Waals surface area contributed by atoms with Gasteiger partial charge >= 0.3 is 0 Å². The standard InChI is InChI=1S/C12H17FN2O/c1-9-6-10(12(16)11(13)7-9)8-15-4-2-14-3-5-15/h6-7,14,16H,2-5,8H2,1H3. The molecule has 1 heterocycles. The number of piperazine rings is 1. The predicted molar refractivity (Wildman–Crippen MR) is 60.9 cm³/mol. The van der Waals surface area contributed by atoms with E-state index >= 15 is 0 Å². The van der Waals surface area contributed by atoms with Gasteiger partial charge < -0.3 is 10.4 Å². The van der Waals surface area contributed by atoms with E-state index in [1.54, 1.807) is 0 Å². The van der Waals surface area contributed by atoms with E-state index in [1.165, 1.54) is 6.07 Å². The normalized spacial score (nSPS) is 17.6. The fourth-order valence-electron chi connectivity index (χ4n) is 2.04. The van der Waals surface area contributed by atoms with Crippen LogP contribution in [-0.4, -0.2) is 36.2 Å². The highest BCUT2D eigenvalue weighted by Crippen LogP contribution is 2.24. The van der Waals surface area contributed by atoms with Gasteiger partial charge in [0.25, 0.3) is 0 Å². The zero-order valence-corrected chi connectivity index (χ0v) is 9.46. The van der Waals surface area contributed by atoms with Crippen molar-refractivity contribution in [3.05, 3.63) is 29.1 Å². The second kappa shape index (κ2) is 4.80. The first-order valence-electron chi connectivity index (χ1n) is 5.58. The Kier molecular flexibility index (Phi) is 3.41. The number of hydrogen-bond donors (Lipinski definition) is 2. The van der Waals surface area contributed by atoms with Crippen LogP contribution in [0.15, 0.2) is 12.1 Å². The molecule has 1 saturated heterocycles. The van der Waals surface area contributed by atoms with E-state index in [0.717, 1.165) is 31.7 Å². The molecule has 1 aliphatic rings. The van der Waals surface area contributed by atoms with E-state index in [2.05, 4.69) is 10.2 Å². The molecular formula is C12H17FN2O. The zero-order valence-electron chi connectivity index (χ0n) is 9.46. The van der Waals surface area contributed by atoms with Crippen LogP contribution in [-0.2, 0) is 6.54 Å². The molecule has 16 heavy (non-hydrogen) atoms. The molecule has 2 N–H and O–H groups in total. The molecule has 3 nitrogen and oxygen atoms in total. The lowest BCUT2D eigenvalue weighted by molar-refractivity contribution is 0.229. The van der Waals surface area contributed by atoms with E-state index in [9.17, 15) is 9.50 Å². The van der Waals surface area contributed by atoms with Crippen molar-refractivity contribution in [1.82, 2.24) is 10.2 Å². The second-order valence-electron chi connectivity index (χ2n) is 4.28. The molecule has 0 spiro atoms. The van der Waals surface area contributed by atoms with Gasteiger partial charge in [-0.1, -0.05) is 6.07 Å². The fraction of sp³-hybridized carbons (Fsp3) is 0.500. The molecule has 0 atom stereocenters. The third-order valence-electron chi connectivity index (χ3n) is 2.89. The molecule has 0 aliphatic carbocycles. The molecule has 4 heteroatoms. The Morgan fingerprint density at radius 3 is 2.75 bits per heavy atom. The van der Waals surface area contributed by atoms with Crippen LogP contribution >= 0.6 is 0 Å². The van der Waals surface area contributed by atoms with Crippen LogP contribution in [0, 0.1) is 12.7 Å². The Bertz CT molecular complexity index is 376. The summed E-state index contributed by atoms with van der Waals surface area (Å²) in [5.41, 5.74) is 1.53. The minimum absolute atomic E-state index is 0.205. The monoisotopic (exact) mass is 224 g/mol. The number of benzene rings is 1. The number of rotatable bonds is 2. The van der Waals surface area contributed by atoms with Crippen molar-refractivity contribution in [2.75, 3.05) is 26.2 Å². The van der Waals surface area contributed by atoms with Gasteiger partial charge in [0.15, 0.2) is 11.6 Å². The van der Waals surface area contributed by atoms with Gasteiger partial charge in [0.05, 0.1) is 0 Å². The topological polar surface area (TPSA) is 35.5 Å². The molecule has 2 rings (SSSR count). The highest BCUT2D eigenvalue weighted by atomic mass is 19.1. The van der Waals surface area contributed by atoms with E-state index in [1.807, 2.05) is 13.0 Å². The van der Waals surface area contributed by atoms with Gasteiger partial charge in [0, 0.05) is 38.3 Å². The minimum atomic E-state index is -0.523. The molecule has 0 bridgehead atoms. The number of halogens is 1. The van der Waals surface area contributed by atoms with Crippen LogP contribution in [0.4, 0.5) is 4.39 Å². The lowest BCUT2D eigenvalue weighted by Gasteiger charge is -2.27. The van der Waals surface area contributed by atoms with Crippen LogP contribution in [0.2, 0.25) is 0 Å². The summed E-state index contributed by atoms with van der Waals surface area (Å²) in [4.78, 5) is 2.21. The zero-order chi connectivity index (χ0) is 11.5. The van der Waals surface area contributed by atoms with Gasteiger partial charge in [-0.15, -0.1) is 0 Å². The maximum atomic E-state index is 13.3. The van der Waals surface area contributed by atoms with E-state index in [-0.39, 0.29) is 5.75 Å². The molecule has 0 unspecified atom stereocenters. The van der Waals surface area contributed by atoms with Crippen molar-refractivity contribution in [1.29, 1.82) is 0 Å². The first-order valence-corrected chi connectivity index (χ1v) is 5.58. The van der Waals surface area contributed by atoms with Crippen LogP contribution in [0.25, 0.3) is 0 Å². The number of hydrogen-bond acceptors (Lipinski definition) is 3. The van der Waals surface area contributed by atoms with Gasteiger partial charge in [-0.2, -0.15) is 0 Å². The second-order valence-corrected chi connectivity index (χ2v) is 4.28. The van der Waals surface area contributed by atoms with Crippen molar-refractivity contribution in [2.45, 2.75) is 13.5 Å². The summed E-state index contributed by atoms with van der Waals surface area (Å²) in [5, 5.41) is 12.9. The Balaban J connectivity index is 2.13.